The molecule has 0 aliphatic heterocycles. The molecule has 0 amide bonds. The maximum atomic E-state index is 11.5. The highest BCUT2D eigenvalue weighted by Gasteiger charge is 2.25. The van der Waals surface area contributed by atoms with Crippen molar-refractivity contribution in [1.29, 1.82) is 0 Å². The van der Waals surface area contributed by atoms with E-state index in [0.717, 1.165) is 5.56 Å². The molecule has 0 radical (unpaired) electrons. The summed E-state index contributed by atoms with van der Waals surface area (Å²) in [4.78, 5) is 21.0. The van der Waals surface area contributed by atoms with Gasteiger partial charge in [0.25, 0.3) is 0 Å². The van der Waals surface area contributed by atoms with Crippen molar-refractivity contribution < 1.29 is 9.34 Å². The standard InChI is InChI=1S/C16H17ClN4O3/c1-3-20(11-12-6-7-15(17)19-10-12)16(18-2)14(21(22)23)9-13-5-4-8-24-13/h4-10H,3,11H2,1-2H3/b14-9-,18-16+. The summed E-state index contributed by atoms with van der Waals surface area (Å²) in [6, 6.07) is 6.83. The van der Waals surface area contributed by atoms with E-state index in [1.165, 1.54) is 19.4 Å². The first-order chi connectivity index (χ1) is 11.5. The molecule has 0 unspecified atom stereocenters. The molecular formula is C16H17ClN4O3. The lowest BCUT2D eigenvalue weighted by Crippen LogP contribution is -2.34. The third-order valence-electron chi connectivity index (χ3n) is 3.30. The van der Waals surface area contributed by atoms with Gasteiger partial charge < -0.3 is 9.32 Å². The van der Waals surface area contributed by atoms with E-state index in [9.17, 15) is 10.1 Å². The van der Waals surface area contributed by atoms with Crippen LogP contribution in [0.1, 0.15) is 18.2 Å². The summed E-state index contributed by atoms with van der Waals surface area (Å²) >= 11 is 5.79. The minimum absolute atomic E-state index is 0.128. The Morgan fingerprint density at radius 1 is 1.50 bits per heavy atom. The van der Waals surface area contributed by atoms with Crippen LogP contribution in [0.3, 0.4) is 0 Å². The Kier molecular flexibility index (Phi) is 6.08. The smallest absolute Gasteiger partial charge is 0.314 e. The fraction of sp³-hybridized carbons (Fsp3) is 0.250. The molecule has 0 saturated heterocycles. The first kappa shape index (κ1) is 17.7. The van der Waals surface area contributed by atoms with Gasteiger partial charge >= 0.3 is 5.70 Å². The molecule has 0 saturated carbocycles. The Hall–Kier alpha value is -2.67. The fourth-order valence-electron chi connectivity index (χ4n) is 2.18. The first-order valence-electron chi connectivity index (χ1n) is 7.27. The second-order valence-electron chi connectivity index (χ2n) is 4.85. The van der Waals surface area contributed by atoms with E-state index in [4.69, 9.17) is 16.0 Å². The number of pyridine rings is 1. The number of nitro groups is 1. The van der Waals surface area contributed by atoms with Gasteiger partial charge in [0.15, 0.2) is 0 Å². The van der Waals surface area contributed by atoms with E-state index < -0.39 is 4.92 Å². The molecule has 126 valence electrons. The van der Waals surface area contributed by atoms with Crippen LogP contribution in [0.2, 0.25) is 5.15 Å². The monoisotopic (exact) mass is 348 g/mol. The predicted octanol–water partition coefficient (Wildman–Crippen LogP) is 3.50. The second-order valence-corrected chi connectivity index (χ2v) is 5.24. The third kappa shape index (κ3) is 4.42. The summed E-state index contributed by atoms with van der Waals surface area (Å²) in [6.45, 7) is 2.87. The van der Waals surface area contributed by atoms with Gasteiger partial charge in [-0.15, -0.1) is 0 Å². The van der Waals surface area contributed by atoms with Gasteiger partial charge in [-0.2, -0.15) is 0 Å². The zero-order chi connectivity index (χ0) is 17.5. The van der Waals surface area contributed by atoms with Crippen molar-refractivity contribution in [3.63, 3.8) is 0 Å². The van der Waals surface area contributed by atoms with Crippen molar-refractivity contribution in [1.82, 2.24) is 9.88 Å². The van der Waals surface area contributed by atoms with Gasteiger partial charge in [0.2, 0.25) is 5.84 Å². The average molecular weight is 349 g/mol. The molecular weight excluding hydrogens is 332 g/mol. The fourth-order valence-corrected chi connectivity index (χ4v) is 2.29. The Balaban J connectivity index is 2.31. The van der Waals surface area contributed by atoms with Crippen molar-refractivity contribution in [3.05, 3.63) is 69.0 Å². The summed E-state index contributed by atoms with van der Waals surface area (Å²) < 4.78 is 5.17. The molecule has 8 heteroatoms. The molecule has 2 rings (SSSR count). The van der Waals surface area contributed by atoms with Gasteiger partial charge in [0.1, 0.15) is 10.9 Å². The quantitative estimate of drug-likeness (QED) is 0.262. The number of furan rings is 1. The number of halogens is 1. The highest BCUT2D eigenvalue weighted by atomic mass is 35.5. The number of likely N-dealkylation sites (N-methyl/N-ethyl adjacent to an activating group) is 1. The van der Waals surface area contributed by atoms with E-state index in [-0.39, 0.29) is 11.5 Å². The number of hydrogen-bond donors (Lipinski definition) is 0. The number of amidine groups is 1. The average Bonchev–Trinajstić information content (AvgIpc) is 3.08. The van der Waals surface area contributed by atoms with Crippen LogP contribution in [-0.2, 0) is 6.54 Å². The summed E-state index contributed by atoms with van der Waals surface area (Å²) in [6.07, 6.45) is 4.47. The lowest BCUT2D eigenvalue weighted by molar-refractivity contribution is -0.414. The predicted molar refractivity (Wildman–Crippen MR) is 92.4 cm³/mol. The van der Waals surface area contributed by atoms with Gasteiger partial charge in [0, 0.05) is 26.3 Å². The normalized spacial score (nSPS) is 12.3. The van der Waals surface area contributed by atoms with Gasteiger partial charge in [-0.25, -0.2) is 4.98 Å². The number of aromatic nitrogens is 1. The molecule has 0 atom stereocenters. The maximum Gasteiger partial charge on any atom is 0.314 e. The molecule has 2 aromatic rings. The van der Waals surface area contributed by atoms with Crippen LogP contribution in [0, 0.1) is 10.1 Å². The Labute approximate surface area is 144 Å². The van der Waals surface area contributed by atoms with Crippen molar-refractivity contribution in [2.24, 2.45) is 4.99 Å². The number of nitrogens with zero attached hydrogens (tertiary/aromatic N) is 4. The van der Waals surface area contributed by atoms with E-state index in [1.807, 2.05) is 13.0 Å². The molecule has 0 aromatic carbocycles. The van der Waals surface area contributed by atoms with Crippen molar-refractivity contribution in [3.8, 4) is 0 Å². The maximum absolute atomic E-state index is 11.5. The van der Waals surface area contributed by atoms with Gasteiger partial charge in [-0.3, -0.25) is 15.1 Å². The molecule has 0 aliphatic carbocycles. The van der Waals surface area contributed by atoms with Crippen LogP contribution >= 0.6 is 11.6 Å². The number of rotatable bonds is 6. The molecule has 0 aliphatic rings. The van der Waals surface area contributed by atoms with E-state index in [1.54, 1.807) is 29.3 Å². The minimum Gasteiger partial charge on any atom is -0.465 e. The molecule has 0 N–H and O–H groups in total. The lowest BCUT2D eigenvalue weighted by Gasteiger charge is -2.22. The van der Waals surface area contributed by atoms with Crippen LogP contribution in [0.5, 0.6) is 0 Å². The SMILES string of the molecule is CCN(Cc1ccc(Cl)nc1)C(=N/C)/C(=C/c1ccco1)[N+](=O)[O-]. The molecule has 2 aromatic heterocycles. The van der Waals surface area contributed by atoms with Crippen LogP contribution in [0.4, 0.5) is 0 Å². The Bertz CT molecular complexity index is 739. The van der Waals surface area contributed by atoms with Crippen molar-refractivity contribution in [2.75, 3.05) is 13.6 Å². The molecule has 0 bridgehead atoms. The molecule has 0 fully saturated rings. The summed E-state index contributed by atoms with van der Waals surface area (Å²) in [5, 5.41) is 11.9. The lowest BCUT2D eigenvalue weighted by atomic mass is 10.2. The van der Waals surface area contributed by atoms with Gasteiger partial charge in [-0.05, 0) is 30.7 Å². The second kappa shape index (κ2) is 8.26. The number of aliphatic imine (C=N–C) groups is 1. The van der Waals surface area contributed by atoms with Crippen LogP contribution in [-0.4, -0.2) is 34.2 Å². The number of hydrogen-bond acceptors (Lipinski definition) is 5. The van der Waals surface area contributed by atoms with Crippen LogP contribution in [0.15, 0.2) is 51.8 Å². The summed E-state index contributed by atoms with van der Waals surface area (Å²) in [5.74, 6) is 0.668. The summed E-state index contributed by atoms with van der Waals surface area (Å²) in [5.41, 5.74) is 0.749. The van der Waals surface area contributed by atoms with Gasteiger partial charge in [0.05, 0.1) is 17.3 Å². The topological polar surface area (TPSA) is 84.8 Å². The Morgan fingerprint density at radius 3 is 2.79 bits per heavy atom. The molecule has 0 spiro atoms. The molecule has 7 nitrogen and oxygen atoms in total. The minimum atomic E-state index is -0.465. The zero-order valence-corrected chi connectivity index (χ0v) is 14.1. The van der Waals surface area contributed by atoms with E-state index >= 15 is 0 Å². The van der Waals surface area contributed by atoms with Crippen LogP contribution < -0.4 is 0 Å². The zero-order valence-electron chi connectivity index (χ0n) is 13.3. The highest BCUT2D eigenvalue weighted by Crippen LogP contribution is 2.15. The third-order valence-corrected chi connectivity index (χ3v) is 3.53. The van der Waals surface area contributed by atoms with E-state index in [2.05, 4.69) is 9.98 Å². The largest absolute Gasteiger partial charge is 0.465 e. The van der Waals surface area contributed by atoms with Crippen molar-refractivity contribution in [2.45, 2.75) is 13.5 Å². The summed E-state index contributed by atoms with van der Waals surface area (Å²) in [7, 11) is 1.53. The molecule has 24 heavy (non-hydrogen) atoms. The molecule has 2 heterocycles. The van der Waals surface area contributed by atoms with Crippen LogP contribution in [0.25, 0.3) is 6.08 Å². The van der Waals surface area contributed by atoms with Crippen molar-refractivity contribution >= 4 is 23.5 Å². The highest BCUT2D eigenvalue weighted by molar-refractivity contribution is 6.29. The Morgan fingerprint density at radius 2 is 2.29 bits per heavy atom. The van der Waals surface area contributed by atoms with Gasteiger partial charge in [-0.1, -0.05) is 17.7 Å². The van der Waals surface area contributed by atoms with E-state index in [0.29, 0.717) is 24.0 Å². The first-order valence-corrected chi connectivity index (χ1v) is 7.65.